The predicted molar refractivity (Wildman–Crippen MR) is 97.6 cm³/mol. The second-order valence-electron chi connectivity index (χ2n) is 6.27. The van der Waals surface area contributed by atoms with Crippen molar-refractivity contribution in [2.24, 2.45) is 0 Å². The summed E-state index contributed by atoms with van der Waals surface area (Å²) >= 11 is 0. The van der Waals surface area contributed by atoms with Gasteiger partial charge in [0, 0.05) is 6.54 Å². The van der Waals surface area contributed by atoms with Gasteiger partial charge in [-0.1, -0.05) is 42.0 Å². The fraction of sp³-hybridized carbons (Fsp3) is 0.300. The Hall–Kier alpha value is -1.64. The van der Waals surface area contributed by atoms with Gasteiger partial charge >= 0.3 is 0 Å². The van der Waals surface area contributed by atoms with Crippen molar-refractivity contribution < 1.29 is 4.39 Å². The first-order chi connectivity index (χ1) is 10.6. The van der Waals surface area contributed by atoms with Crippen LogP contribution >= 0.6 is 12.4 Å². The third-order valence-corrected chi connectivity index (χ3v) is 4.31. The number of nitrogens with zero attached hydrogens (tertiary/aromatic N) is 1. The molecule has 1 aliphatic carbocycles. The van der Waals surface area contributed by atoms with E-state index in [1.807, 2.05) is 12.1 Å². The summed E-state index contributed by atoms with van der Waals surface area (Å²) < 4.78 is 13.1. The normalized spacial score (nSPS) is 13.2. The van der Waals surface area contributed by atoms with Gasteiger partial charge in [-0.2, -0.15) is 0 Å². The van der Waals surface area contributed by atoms with Crippen LogP contribution in [-0.4, -0.2) is 25.5 Å². The molecule has 1 nitrogen and oxygen atoms in total. The van der Waals surface area contributed by atoms with Crippen molar-refractivity contribution in [3.63, 3.8) is 0 Å². The van der Waals surface area contributed by atoms with E-state index in [-0.39, 0.29) is 18.2 Å². The molecule has 3 rings (SSSR count). The van der Waals surface area contributed by atoms with Crippen molar-refractivity contribution in [1.29, 1.82) is 0 Å². The third kappa shape index (κ3) is 4.21. The monoisotopic (exact) mass is 331 g/mol. The maximum atomic E-state index is 13.1. The van der Waals surface area contributed by atoms with Crippen LogP contribution in [0.15, 0.2) is 54.1 Å². The van der Waals surface area contributed by atoms with E-state index in [4.69, 9.17) is 0 Å². The molecule has 2 aromatic rings. The van der Waals surface area contributed by atoms with E-state index in [0.717, 1.165) is 25.8 Å². The molecule has 0 atom stereocenters. The maximum absolute atomic E-state index is 13.1. The van der Waals surface area contributed by atoms with Gasteiger partial charge in [0.25, 0.3) is 0 Å². The molecule has 0 aliphatic heterocycles. The Bertz CT molecular complexity index is 689. The average molecular weight is 332 g/mol. The Morgan fingerprint density at radius 1 is 1.00 bits per heavy atom. The van der Waals surface area contributed by atoms with Crippen molar-refractivity contribution in [1.82, 2.24) is 4.90 Å². The molecule has 3 heteroatoms. The van der Waals surface area contributed by atoms with Gasteiger partial charge in [-0.3, -0.25) is 0 Å². The summed E-state index contributed by atoms with van der Waals surface area (Å²) in [5.74, 6) is -0.166. The lowest BCUT2D eigenvalue weighted by Crippen LogP contribution is -2.13. The summed E-state index contributed by atoms with van der Waals surface area (Å²) in [7, 11) is 4.22. The van der Waals surface area contributed by atoms with Crippen LogP contribution in [0.5, 0.6) is 0 Å². The topological polar surface area (TPSA) is 3.24 Å². The van der Waals surface area contributed by atoms with E-state index in [1.165, 1.54) is 27.8 Å². The minimum atomic E-state index is -0.166. The van der Waals surface area contributed by atoms with Crippen LogP contribution in [0.25, 0.3) is 5.57 Å². The van der Waals surface area contributed by atoms with Crippen molar-refractivity contribution in [2.45, 2.75) is 19.3 Å². The first-order valence-electron chi connectivity index (χ1n) is 7.82. The van der Waals surface area contributed by atoms with Crippen molar-refractivity contribution in [2.75, 3.05) is 20.6 Å². The predicted octanol–water partition coefficient (Wildman–Crippen LogP) is 4.75. The van der Waals surface area contributed by atoms with E-state index in [9.17, 15) is 4.39 Å². The molecule has 0 fully saturated rings. The van der Waals surface area contributed by atoms with Gasteiger partial charge in [0.1, 0.15) is 5.82 Å². The Kier molecular flexibility index (Phi) is 5.97. The summed E-state index contributed by atoms with van der Waals surface area (Å²) in [4.78, 5) is 2.23. The minimum Gasteiger partial charge on any atom is -0.309 e. The lowest BCUT2D eigenvalue weighted by Gasteiger charge is -2.13. The SMILES string of the molecule is CN(C)CCC1=C(Cc2ccc(F)cc2)Cc2ccccc21.Cl. The fourth-order valence-corrected chi connectivity index (χ4v) is 3.16. The number of hydrogen-bond acceptors (Lipinski definition) is 1. The Labute approximate surface area is 144 Å². The number of halogens is 2. The van der Waals surface area contributed by atoms with E-state index >= 15 is 0 Å². The molecular weight excluding hydrogens is 309 g/mol. The van der Waals surface area contributed by atoms with Crippen LogP contribution in [0.4, 0.5) is 4.39 Å². The van der Waals surface area contributed by atoms with Crippen LogP contribution in [0, 0.1) is 5.82 Å². The van der Waals surface area contributed by atoms with Crippen LogP contribution in [-0.2, 0) is 12.8 Å². The maximum Gasteiger partial charge on any atom is 0.123 e. The molecule has 2 aromatic carbocycles. The third-order valence-electron chi connectivity index (χ3n) is 4.31. The lowest BCUT2D eigenvalue weighted by molar-refractivity contribution is 0.419. The molecule has 23 heavy (non-hydrogen) atoms. The van der Waals surface area contributed by atoms with Gasteiger partial charge in [-0.05, 0) is 67.8 Å². The van der Waals surface area contributed by atoms with Gasteiger partial charge in [0.05, 0.1) is 0 Å². The molecule has 0 aromatic heterocycles. The first-order valence-corrected chi connectivity index (χ1v) is 7.82. The molecule has 122 valence electrons. The second kappa shape index (κ2) is 7.76. The smallest absolute Gasteiger partial charge is 0.123 e. The Morgan fingerprint density at radius 2 is 1.70 bits per heavy atom. The van der Waals surface area contributed by atoms with Gasteiger partial charge in [0.15, 0.2) is 0 Å². The van der Waals surface area contributed by atoms with E-state index in [0.29, 0.717) is 0 Å². The molecule has 0 saturated carbocycles. The fourth-order valence-electron chi connectivity index (χ4n) is 3.16. The van der Waals surface area contributed by atoms with E-state index in [1.54, 1.807) is 12.1 Å². The molecule has 0 unspecified atom stereocenters. The molecular formula is C20H23ClFN. The summed E-state index contributed by atoms with van der Waals surface area (Å²) in [6, 6.07) is 15.6. The highest BCUT2D eigenvalue weighted by Gasteiger charge is 2.20. The Balaban J connectivity index is 0.00000192. The number of hydrogen-bond donors (Lipinski definition) is 0. The van der Waals surface area contributed by atoms with Crippen LogP contribution in [0.1, 0.15) is 23.1 Å². The van der Waals surface area contributed by atoms with Gasteiger partial charge in [0.2, 0.25) is 0 Å². The lowest BCUT2D eigenvalue weighted by atomic mass is 9.98. The largest absolute Gasteiger partial charge is 0.309 e. The van der Waals surface area contributed by atoms with Crippen molar-refractivity contribution in [3.05, 3.63) is 76.6 Å². The number of benzene rings is 2. The standard InChI is InChI=1S/C20H22FN.ClH/c1-22(2)12-11-20-17(13-15-7-9-18(21)10-8-15)14-16-5-3-4-6-19(16)20;/h3-10H,11-14H2,1-2H3;1H. The first kappa shape index (κ1) is 17.7. The zero-order chi connectivity index (χ0) is 15.5. The molecule has 0 radical (unpaired) electrons. The quantitative estimate of drug-likeness (QED) is 0.764. The zero-order valence-electron chi connectivity index (χ0n) is 13.7. The minimum absolute atomic E-state index is 0. The van der Waals surface area contributed by atoms with Gasteiger partial charge < -0.3 is 4.90 Å². The van der Waals surface area contributed by atoms with Crippen LogP contribution < -0.4 is 0 Å². The molecule has 1 aliphatic rings. The number of fused-ring (bicyclic) bond motifs is 1. The Morgan fingerprint density at radius 3 is 2.39 bits per heavy atom. The van der Waals surface area contributed by atoms with E-state index in [2.05, 4.69) is 43.3 Å². The second-order valence-corrected chi connectivity index (χ2v) is 6.27. The highest BCUT2D eigenvalue weighted by Crippen LogP contribution is 2.36. The highest BCUT2D eigenvalue weighted by atomic mass is 35.5. The summed E-state index contributed by atoms with van der Waals surface area (Å²) in [6.45, 7) is 1.05. The number of rotatable bonds is 5. The van der Waals surface area contributed by atoms with Crippen molar-refractivity contribution >= 4 is 18.0 Å². The number of allylic oxidation sites excluding steroid dienone is 1. The molecule has 0 N–H and O–H groups in total. The zero-order valence-corrected chi connectivity index (χ0v) is 14.5. The molecule has 0 saturated heterocycles. The molecule has 0 heterocycles. The van der Waals surface area contributed by atoms with Crippen LogP contribution in [0.2, 0.25) is 0 Å². The van der Waals surface area contributed by atoms with Crippen molar-refractivity contribution in [3.8, 4) is 0 Å². The highest BCUT2D eigenvalue weighted by molar-refractivity contribution is 5.85. The summed E-state index contributed by atoms with van der Waals surface area (Å²) in [5, 5.41) is 0. The molecule has 0 bridgehead atoms. The summed E-state index contributed by atoms with van der Waals surface area (Å²) in [5.41, 5.74) is 6.98. The molecule has 0 amide bonds. The summed E-state index contributed by atoms with van der Waals surface area (Å²) in [6.07, 6.45) is 3.01. The van der Waals surface area contributed by atoms with E-state index < -0.39 is 0 Å². The van der Waals surface area contributed by atoms with Crippen LogP contribution in [0.3, 0.4) is 0 Å². The average Bonchev–Trinajstić information content (AvgIpc) is 2.85. The molecule has 0 spiro atoms. The van der Waals surface area contributed by atoms with Gasteiger partial charge in [-0.15, -0.1) is 12.4 Å². The van der Waals surface area contributed by atoms with Gasteiger partial charge in [-0.25, -0.2) is 4.39 Å².